The number of fused-ring (bicyclic) bond motifs is 2. The zero-order valence-electron chi connectivity index (χ0n) is 14.3. The van der Waals surface area contributed by atoms with Gasteiger partial charge in [-0.15, -0.1) is 11.3 Å². The maximum absolute atomic E-state index is 12.4. The highest BCUT2D eigenvalue weighted by molar-refractivity contribution is 7.20. The minimum absolute atomic E-state index is 0.0829. The summed E-state index contributed by atoms with van der Waals surface area (Å²) >= 11 is 3.04. The van der Waals surface area contributed by atoms with Gasteiger partial charge in [-0.3, -0.25) is 4.79 Å². The van der Waals surface area contributed by atoms with Crippen molar-refractivity contribution in [3.05, 3.63) is 46.3 Å². The van der Waals surface area contributed by atoms with Gasteiger partial charge in [-0.1, -0.05) is 17.4 Å². The Kier molecular flexibility index (Phi) is 3.83. The Morgan fingerprint density at radius 1 is 1.30 bits per heavy atom. The number of benzene rings is 1. The van der Waals surface area contributed by atoms with Crippen LogP contribution in [0.4, 0.5) is 5.82 Å². The summed E-state index contributed by atoms with van der Waals surface area (Å²) in [5.41, 5.74) is 1.61. The number of thiazole rings is 1. The molecule has 1 aliphatic heterocycles. The first-order valence-corrected chi connectivity index (χ1v) is 9.95. The molecule has 0 fully saturated rings. The molecular formula is C18H14N4O3S2. The number of nitrogens with zero attached hydrogens (tertiary/aromatic N) is 3. The summed E-state index contributed by atoms with van der Waals surface area (Å²) < 4.78 is 13.5. The third-order valence-electron chi connectivity index (χ3n) is 4.07. The van der Waals surface area contributed by atoms with Crippen LogP contribution in [0.15, 0.2) is 35.7 Å². The second-order valence-electron chi connectivity index (χ2n) is 6.06. The van der Waals surface area contributed by atoms with Crippen molar-refractivity contribution < 1.29 is 14.3 Å². The van der Waals surface area contributed by atoms with E-state index in [4.69, 9.17) is 9.47 Å². The van der Waals surface area contributed by atoms with E-state index in [1.54, 1.807) is 16.0 Å². The molecule has 0 saturated carbocycles. The van der Waals surface area contributed by atoms with Gasteiger partial charge in [0.25, 0.3) is 0 Å². The number of hydrogen-bond donors (Lipinski definition) is 1. The van der Waals surface area contributed by atoms with Gasteiger partial charge in [0.1, 0.15) is 5.82 Å². The molecule has 9 heteroatoms. The lowest BCUT2D eigenvalue weighted by Gasteiger charge is -2.05. The molecule has 1 aromatic carbocycles. The minimum atomic E-state index is -0.0829. The number of aryl methyl sites for hydroxylation is 1. The molecule has 0 saturated heterocycles. The predicted molar refractivity (Wildman–Crippen MR) is 104 cm³/mol. The number of amides is 1. The number of carbonyl (C=O) groups is 1. The fourth-order valence-electron chi connectivity index (χ4n) is 2.89. The molecule has 0 atom stereocenters. The third-order valence-corrected chi connectivity index (χ3v) is 5.94. The van der Waals surface area contributed by atoms with Crippen LogP contribution in [0.5, 0.6) is 11.5 Å². The highest BCUT2D eigenvalue weighted by Crippen LogP contribution is 2.38. The van der Waals surface area contributed by atoms with Crippen LogP contribution in [0, 0.1) is 6.92 Å². The number of aromatic nitrogens is 3. The lowest BCUT2D eigenvalue weighted by Crippen LogP contribution is -2.16. The molecule has 1 aliphatic rings. The Bertz CT molecular complexity index is 1110. The summed E-state index contributed by atoms with van der Waals surface area (Å²) in [6.07, 6.45) is 0.336. The zero-order chi connectivity index (χ0) is 18.4. The molecule has 0 spiro atoms. The molecule has 1 amide bonds. The normalized spacial score (nSPS) is 12.6. The van der Waals surface area contributed by atoms with Crippen LogP contribution in [0.25, 0.3) is 15.3 Å². The highest BCUT2D eigenvalue weighted by atomic mass is 32.1. The van der Waals surface area contributed by atoms with Gasteiger partial charge in [0, 0.05) is 23.1 Å². The van der Waals surface area contributed by atoms with Gasteiger partial charge in [0.05, 0.1) is 22.3 Å². The number of carbonyl (C=O) groups excluding carboxylic acids is 1. The summed E-state index contributed by atoms with van der Waals surface area (Å²) in [7, 11) is 0. The van der Waals surface area contributed by atoms with Crippen molar-refractivity contribution in [2.75, 3.05) is 12.1 Å². The molecule has 0 radical (unpaired) electrons. The number of thiophene rings is 1. The molecule has 3 aromatic heterocycles. The molecular weight excluding hydrogens is 384 g/mol. The second-order valence-corrected chi connectivity index (χ2v) is 8.10. The van der Waals surface area contributed by atoms with E-state index in [1.807, 2.05) is 42.6 Å². The van der Waals surface area contributed by atoms with E-state index in [2.05, 4.69) is 15.4 Å². The van der Waals surface area contributed by atoms with E-state index in [0.29, 0.717) is 23.1 Å². The van der Waals surface area contributed by atoms with Crippen LogP contribution < -0.4 is 14.8 Å². The van der Waals surface area contributed by atoms with Crippen LogP contribution in [0.1, 0.15) is 10.6 Å². The molecule has 1 N–H and O–H groups in total. The van der Waals surface area contributed by atoms with E-state index in [1.165, 1.54) is 11.3 Å². The van der Waals surface area contributed by atoms with Crippen LogP contribution in [0.3, 0.4) is 0 Å². The van der Waals surface area contributed by atoms with E-state index in [-0.39, 0.29) is 12.7 Å². The van der Waals surface area contributed by atoms with Gasteiger partial charge in [0.2, 0.25) is 17.8 Å². The molecule has 0 bridgehead atoms. The monoisotopic (exact) mass is 398 g/mol. The summed E-state index contributed by atoms with van der Waals surface area (Å²) in [6.45, 7) is 2.12. The smallest absolute Gasteiger partial charge is 0.231 e. The molecule has 0 aliphatic carbocycles. The molecule has 7 nitrogen and oxygen atoms in total. The maximum atomic E-state index is 12.4. The summed E-state index contributed by atoms with van der Waals surface area (Å²) in [4.78, 5) is 18.1. The molecule has 5 rings (SSSR count). The molecule has 4 heterocycles. The van der Waals surface area contributed by atoms with E-state index >= 15 is 0 Å². The average molecular weight is 398 g/mol. The quantitative estimate of drug-likeness (QED) is 0.566. The summed E-state index contributed by atoms with van der Waals surface area (Å²) in [6, 6.07) is 9.51. The fraction of sp³-hybridized carbons (Fsp3) is 0.167. The number of ether oxygens (including phenoxy) is 2. The first-order valence-electron chi connectivity index (χ1n) is 8.25. The fourth-order valence-corrected chi connectivity index (χ4v) is 4.53. The number of nitrogens with one attached hydrogen (secondary N) is 1. The minimum Gasteiger partial charge on any atom is -0.454 e. The van der Waals surface area contributed by atoms with Crippen molar-refractivity contribution in [1.82, 2.24) is 14.8 Å². The zero-order valence-corrected chi connectivity index (χ0v) is 15.9. The van der Waals surface area contributed by atoms with Crippen molar-refractivity contribution in [1.29, 1.82) is 0 Å². The van der Waals surface area contributed by atoms with E-state index < -0.39 is 0 Å². The summed E-state index contributed by atoms with van der Waals surface area (Å²) in [5.74, 6) is 1.94. The second kappa shape index (κ2) is 6.36. The maximum Gasteiger partial charge on any atom is 0.231 e. The van der Waals surface area contributed by atoms with Gasteiger partial charge in [0.15, 0.2) is 11.5 Å². The lowest BCUT2D eigenvalue weighted by atomic mass is 10.3. The van der Waals surface area contributed by atoms with E-state index in [9.17, 15) is 4.79 Å². The van der Waals surface area contributed by atoms with Crippen LogP contribution in [-0.2, 0) is 11.2 Å². The Morgan fingerprint density at radius 2 is 2.15 bits per heavy atom. The Hall–Kier alpha value is -2.91. The van der Waals surface area contributed by atoms with Gasteiger partial charge in [-0.05, 0) is 18.4 Å². The first-order chi connectivity index (χ1) is 13.2. The molecule has 4 aromatic rings. The SMILES string of the molecule is Cc1cc(NC(=O)Cc2cccs2)n(-c2nc3cc4c(cc3s2)OCO4)n1. The van der Waals surface area contributed by atoms with E-state index in [0.717, 1.165) is 26.5 Å². The predicted octanol–water partition coefficient (Wildman–Crippen LogP) is 3.76. The number of rotatable bonds is 4. The number of hydrogen-bond acceptors (Lipinski definition) is 7. The topological polar surface area (TPSA) is 78.3 Å². The standard InChI is InChI=1S/C18H14N4O3S2/c1-10-5-16(20-17(23)6-11-3-2-4-26-11)22(21-10)18-19-12-7-13-14(25-9-24-13)8-15(12)27-18/h2-5,7-8H,6,9H2,1H3,(H,20,23). The first kappa shape index (κ1) is 16.3. The van der Waals surface area contributed by atoms with Crippen molar-refractivity contribution in [3.8, 4) is 16.6 Å². The third kappa shape index (κ3) is 3.04. The van der Waals surface area contributed by atoms with Gasteiger partial charge in [-0.25, -0.2) is 4.98 Å². The largest absolute Gasteiger partial charge is 0.454 e. The Morgan fingerprint density at radius 3 is 2.96 bits per heavy atom. The van der Waals surface area contributed by atoms with Crippen molar-refractivity contribution in [2.45, 2.75) is 13.3 Å². The van der Waals surface area contributed by atoms with Crippen LogP contribution in [-0.4, -0.2) is 27.5 Å². The van der Waals surface area contributed by atoms with Gasteiger partial charge in [-0.2, -0.15) is 9.78 Å². The average Bonchev–Trinajstić information content (AvgIpc) is 3.39. The Balaban J connectivity index is 1.46. The van der Waals surface area contributed by atoms with Crippen molar-refractivity contribution in [2.24, 2.45) is 0 Å². The van der Waals surface area contributed by atoms with Crippen LogP contribution >= 0.6 is 22.7 Å². The molecule has 27 heavy (non-hydrogen) atoms. The summed E-state index contributed by atoms with van der Waals surface area (Å²) in [5, 5.41) is 10.1. The van der Waals surface area contributed by atoms with Crippen molar-refractivity contribution in [3.63, 3.8) is 0 Å². The number of anilines is 1. The van der Waals surface area contributed by atoms with Crippen LogP contribution in [0.2, 0.25) is 0 Å². The van der Waals surface area contributed by atoms with Crippen molar-refractivity contribution >= 4 is 44.6 Å². The lowest BCUT2D eigenvalue weighted by molar-refractivity contribution is -0.115. The Labute approximate surface area is 162 Å². The molecule has 136 valence electrons. The highest BCUT2D eigenvalue weighted by Gasteiger charge is 2.19. The van der Waals surface area contributed by atoms with Gasteiger partial charge < -0.3 is 14.8 Å². The van der Waals surface area contributed by atoms with Gasteiger partial charge >= 0.3 is 0 Å². The molecule has 0 unspecified atom stereocenters.